The molecule has 0 saturated heterocycles. The maximum atomic E-state index is 15.1. The standard InChI is InChI=1S/C28H25F6N5O3/c29-21-10-19-16(9-20(21)22-5-4-17(11-35-22)27(30,31)14-40)6-7-39(26(19)42)13-15-2-1-3-18(8-15)37-23-12-36-38-25(41)24(23)28(32,33)34/h4-7,9-12,15,18,40H,1-3,8,13-14H2,(H2,37,38,41)/t15-,18+/m1/s1. The number of H-pyrrole nitrogens is 1. The minimum atomic E-state index is -4.87. The summed E-state index contributed by atoms with van der Waals surface area (Å²) in [6.45, 7) is -1.15. The zero-order chi connectivity index (χ0) is 30.2. The SMILES string of the molecule is O=c1[nH]ncc(N[C@H]2CCC[C@@H](Cn3ccc4cc(-c5ccc(C(F)(F)CO)cn5)c(F)cc4c3=O)C2)c1C(F)(F)F. The minimum Gasteiger partial charge on any atom is -0.390 e. The molecular weight excluding hydrogens is 568 g/mol. The molecule has 0 bridgehead atoms. The van der Waals surface area contributed by atoms with Gasteiger partial charge in [0.05, 0.1) is 23.0 Å². The molecule has 14 heteroatoms. The number of nitrogens with one attached hydrogen (secondary N) is 2. The van der Waals surface area contributed by atoms with Gasteiger partial charge in [0.2, 0.25) is 0 Å². The number of alkyl halides is 5. The van der Waals surface area contributed by atoms with Gasteiger partial charge in [-0.2, -0.15) is 27.1 Å². The number of anilines is 1. The van der Waals surface area contributed by atoms with Crippen LogP contribution in [0.5, 0.6) is 0 Å². The maximum Gasteiger partial charge on any atom is 0.423 e. The van der Waals surface area contributed by atoms with E-state index in [-0.39, 0.29) is 35.1 Å². The van der Waals surface area contributed by atoms with E-state index in [0.717, 1.165) is 24.5 Å². The third-order valence-electron chi connectivity index (χ3n) is 7.46. The van der Waals surface area contributed by atoms with E-state index < -0.39 is 52.5 Å². The average molecular weight is 594 g/mol. The van der Waals surface area contributed by atoms with Crippen LogP contribution in [0.15, 0.2) is 58.5 Å². The van der Waals surface area contributed by atoms with Crippen LogP contribution in [0, 0.1) is 11.7 Å². The Kier molecular flexibility index (Phi) is 7.84. The maximum absolute atomic E-state index is 15.1. The largest absolute Gasteiger partial charge is 0.423 e. The predicted molar refractivity (Wildman–Crippen MR) is 142 cm³/mol. The highest BCUT2D eigenvalue weighted by Crippen LogP contribution is 2.34. The van der Waals surface area contributed by atoms with Gasteiger partial charge in [0.25, 0.3) is 17.0 Å². The van der Waals surface area contributed by atoms with Gasteiger partial charge in [0.15, 0.2) is 0 Å². The van der Waals surface area contributed by atoms with Gasteiger partial charge < -0.3 is 15.0 Å². The minimum absolute atomic E-state index is 0.00664. The molecule has 5 rings (SSSR count). The number of pyridine rings is 2. The molecule has 0 aliphatic heterocycles. The van der Waals surface area contributed by atoms with Gasteiger partial charge in [-0.05, 0) is 60.9 Å². The molecule has 0 amide bonds. The predicted octanol–water partition coefficient (Wildman–Crippen LogP) is 5.06. The molecule has 0 unspecified atom stereocenters. The van der Waals surface area contributed by atoms with Crippen LogP contribution in [0.1, 0.15) is 36.8 Å². The average Bonchev–Trinajstić information content (AvgIpc) is 2.94. The number of aliphatic hydroxyl groups is 1. The number of benzene rings is 1. The Bertz CT molecular complexity index is 1720. The van der Waals surface area contributed by atoms with Crippen LogP contribution in [-0.2, 0) is 18.6 Å². The Morgan fingerprint density at radius 1 is 1.07 bits per heavy atom. The highest BCUT2D eigenvalue weighted by Gasteiger charge is 2.38. The van der Waals surface area contributed by atoms with Crippen LogP contribution in [0.2, 0.25) is 0 Å². The van der Waals surface area contributed by atoms with E-state index in [1.54, 1.807) is 17.4 Å². The van der Waals surface area contributed by atoms with E-state index in [9.17, 15) is 31.5 Å². The van der Waals surface area contributed by atoms with Crippen LogP contribution < -0.4 is 16.4 Å². The fraction of sp³-hybridized carbons (Fsp3) is 0.357. The molecule has 1 aromatic carbocycles. The molecule has 3 N–H and O–H groups in total. The third-order valence-corrected chi connectivity index (χ3v) is 7.46. The van der Waals surface area contributed by atoms with Gasteiger partial charge in [-0.25, -0.2) is 9.49 Å². The molecule has 8 nitrogen and oxygen atoms in total. The summed E-state index contributed by atoms with van der Waals surface area (Å²) in [6, 6.07) is 5.94. The molecule has 1 aliphatic rings. The molecule has 42 heavy (non-hydrogen) atoms. The Hall–Kier alpha value is -4.20. The van der Waals surface area contributed by atoms with Crippen LogP contribution >= 0.6 is 0 Å². The summed E-state index contributed by atoms with van der Waals surface area (Å²) in [5.74, 6) is -4.35. The molecule has 2 atom stereocenters. The zero-order valence-corrected chi connectivity index (χ0v) is 21.9. The van der Waals surface area contributed by atoms with E-state index in [2.05, 4.69) is 15.4 Å². The topological polar surface area (TPSA) is 113 Å². The fourth-order valence-electron chi connectivity index (χ4n) is 5.38. The van der Waals surface area contributed by atoms with Crippen molar-refractivity contribution in [1.29, 1.82) is 0 Å². The third kappa shape index (κ3) is 5.89. The van der Waals surface area contributed by atoms with Crippen LogP contribution in [0.4, 0.5) is 32.0 Å². The number of fused-ring (bicyclic) bond motifs is 1. The molecule has 1 fully saturated rings. The summed E-state index contributed by atoms with van der Waals surface area (Å²) < 4.78 is 84.2. The van der Waals surface area contributed by atoms with Crippen LogP contribution in [0.3, 0.4) is 0 Å². The molecule has 1 aliphatic carbocycles. The van der Waals surface area contributed by atoms with Gasteiger partial charge in [-0.1, -0.05) is 6.42 Å². The van der Waals surface area contributed by atoms with Crippen molar-refractivity contribution in [3.63, 3.8) is 0 Å². The number of aliphatic hydroxyl groups excluding tert-OH is 1. The first kappa shape index (κ1) is 29.3. The summed E-state index contributed by atoms with van der Waals surface area (Å²) in [6.07, 6.45) is 0.850. The second-order valence-corrected chi connectivity index (χ2v) is 10.3. The first-order valence-electron chi connectivity index (χ1n) is 13.1. The Labute approximate surface area is 234 Å². The monoisotopic (exact) mass is 593 g/mol. The van der Waals surface area contributed by atoms with Crippen molar-refractivity contribution in [1.82, 2.24) is 19.7 Å². The Morgan fingerprint density at radius 2 is 1.86 bits per heavy atom. The second kappa shape index (κ2) is 11.2. The molecule has 1 saturated carbocycles. The second-order valence-electron chi connectivity index (χ2n) is 10.3. The molecule has 222 valence electrons. The first-order valence-corrected chi connectivity index (χ1v) is 13.1. The molecule has 0 spiro atoms. The van der Waals surface area contributed by atoms with Crippen molar-refractivity contribution in [2.75, 3.05) is 11.9 Å². The van der Waals surface area contributed by atoms with Crippen molar-refractivity contribution >= 4 is 16.5 Å². The van der Waals surface area contributed by atoms with E-state index in [0.29, 0.717) is 31.1 Å². The highest BCUT2D eigenvalue weighted by atomic mass is 19.4. The smallest absolute Gasteiger partial charge is 0.390 e. The Morgan fingerprint density at radius 3 is 2.55 bits per heavy atom. The van der Waals surface area contributed by atoms with Crippen molar-refractivity contribution in [2.45, 2.75) is 50.4 Å². The molecule has 3 aromatic heterocycles. The van der Waals surface area contributed by atoms with E-state index in [1.165, 1.54) is 16.7 Å². The van der Waals surface area contributed by atoms with Gasteiger partial charge in [0.1, 0.15) is 18.0 Å². The van der Waals surface area contributed by atoms with Crippen molar-refractivity contribution < 1.29 is 31.4 Å². The molecular formula is C28H25F6N5O3. The lowest BCUT2D eigenvalue weighted by molar-refractivity contribution is -0.138. The zero-order valence-electron chi connectivity index (χ0n) is 21.9. The van der Waals surface area contributed by atoms with E-state index in [1.807, 2.05) is 0 Å². The number of hydrogen-bond acceptors (Lipinski definition) is 6. The molecule has 4 aromatic rings. The molecule has 3 heterocycles. The lowest BCUT2D eigenvalue weighted by Crippen LogP contribution is -2.33. The summed E-state index contributed by atoms with van der Waals surface area (Å²) in [4.78, 5) is 28.9. The van der Waals surface area contributed by atoms with E-state index >= 15 is 4.39 Å². The van der Waals surface area contributed by atoms with Gasteiger partial charge >= 0.3 is 6.18 Å². The van der Waals surface area contributed by atoms with Crippen molar-refractivity contribution in [2.24, 2.45) is 5.92 Å². The quantitative estimate of drug-likeness (QED) is 0.258. The lowest BCUT2D eigenvalue weighted by atomic mass is 9.85. The first-order chi connectivity index (χ1) is 19.9. The highest BCUT2D eigenvalue weighted by molar-refractivity contribution is 5.86. The lowest BCUT2D eigenvalue weighted by Gasteiger charge is -2.31. The summed E-state index contributed by atoms with van der Waals surface area (Å²) in [5.41, 5.74) is -3.99. The number of rotatable bonds is 7. The van der Waals surface area contributed by atoms with Gasteiger partial charge in [-0.3, -0.25) is 14.6 Å². The van der Waals surface area contributed by atoms with Crippen LogP contribution in [-0.4, -0.2) is 37.5 Å². The van der Waals surface area contributed by atoms with Gasteiger partial charge in [0, 0.05) is 36.1 Å². The number of aromatic amines is 1. The summed E-state index contributed by atoms with van der Waals surface area (Å²) >= 11 is 0. The Balaban J connectivity index is 1.35. The summed E-state index contributed by atoms with van der Waals surface area (Å²) in [5, 5.41) is 17.4. The number of halogens is 6. The number of nitrogens with zero attached hydrogens (tertiary/aromatic N) is 3. The van der Waals surface area contributed by atoms with E-state index in [4.69, 9.17) is 5.11 Å². The summed E-state index contributed by atoms with van der Waals surface area (Å²) in [7, 11) is 0. The normalized spacial score (nSPS) is 17.9. The number of aromatic nitrogens is 4. The number of hydrogen-bond donors (Lipinski definition) is 3. The van der Waals surface area contributed by atoms with Crippen LogP contribution in [0.25, 0.3) is 22.0 Å². The fourth-order valence-corrected chi connectivity index (χ4v) is 5.38. The van der Waals surface area contributed by atoms with Crippen molar-refractivity contribution in [3.8, 4) is 11.3 Å². The van der Waals surface area contributed by atoms with Gasteiger partial charge in [-0.15, -0.1) is 0 Å². The van der Waals surface area contributed by atoms with Crippen molar-refractivity contribution in [3.05, 3.63) is 86.6 Å². The molecule has 0 radical (unpaired) electrons.